The number of methoxy groups -OCH3 is 1. The third-order valence-corrected chi connectivity index (χ3v) is 5.27. The number of hydrogen-bond donors (Lipinski definition) is 2. The molecule has 1 amide bonds. The molecular formula is C26H22N2O4. The molecule has 6 nitrogen and oxygen atoms in total. The van der Waals surface area contributed by atoms with Crippen LogP contribution < -0.4 is 11.1 Å². The first-order valence-corrected chi connectivity index (χ1v) is 10.1. The lowest BCUT2D eigenvalue weighted by Crippen LogP contribution is -2.26. The Kier molecular flexibility index (Phi) is 6.09. The Hall–Kier alpha value is -4.24. The Labute approximate surface area is 186 Å². The number of rotatable bonds is 4. The summed E-state index contributed by atoms with van der Waals surface area (Å²) in [6, 6.07) is 21.1. The fourth-order valence-electron chi connectivity index (χ4n) is 3.87. The van der Waals surface area contributed by atoms with Crippen molar-refractivity contribution in [2.45, 2.75) is 5.92 Å². The maximum Gasteiger partial charge on any atom is 0.407 e. The molecule has 1 aliphatic carbocycles. The minimum atomic E-state index is -0.538. The van der Waals surface area contributed by atoms with E-state index >= 15 is 0 Å². The van der Waals surface area contributed by atoms with Gasteiger partial charge in [-0.2, -0.15) is 0 Å². The van der Waals surface area contributed by atoms with Crippen LogP contribution in [0.25, 0.3) is 11.1 Å². The van der Waals surface area contributed by atoms with E-state index in [2.05, 4.69) is 41.4 Å². The highest BCUT2D eigenvalue weighted by molar-refractivity contribution is 5.91. The molecule has 3 N–H and O–H groups in total. The van der Waals surface area contributed by atoms with Crippen molar-refractivity contribution in [2.24, 2.45) is 0 Å². The minimum Gasteiger partial charge on any atom is -0.465 e. The molecule has 3 aromatic rings. The van der Waals surface area contributed by atoms with Crippen LogP contribution >= 0.6 is 0 Å². The van der Waals surface area contributed by atoms with Crippen LogP contribution in [0.1, 0.15) is 33.0 Å². The molecule has 0 fully saturated rings. The van der Waals surface area contributed by atoms with Gasteiger partial charge in [-0.3, -0.25) is 0 Å². The third kappa shape index (κ3) is 4.42. The van der Waals surface area contributed by atoms with Crippen molar-refractivity contribution >= 4 is 17.7 Å². The SMILES string of the molecule is COC(=O)c1cc(N)cc(C#CCNC(=O)OCC2c3ccccc3-c3ccccc32)c1. The Bertz CT molecular complexity index is 1190. The number of fused-ring (bicyclic) bond motifs is 3. The van der Waals surface area contributed by atoms with Crippen LogP contribution in [-0.4, -0.2) is 32.3 Å². The van der Waals surface area contributed by atoms with E-state index in [1.54, 1.807) is 12.1 Å². The minimum absolute atomic E-state index is 0.00303. The molecule has 0 unspecified atom stereocenters. The molecule has 6 heteroatoms. The molecule has 0 aromatic heterocycles. The molecular weight excluding hydrogens is 404 g/mol. The summed E-state index contributed by atoms with van der Waals surface area (Å²) in [5.41, 5.74) is 11.8. The van der Waals surface area contributed by atoms with Crippen molar-refractivity contribution in [1.82, 2.24) is 5.32 Å². The second kappa shape index (κ2) is 9.27. The van der Waals surface area contributed by atoms with Crippen molar-refractivity contribution < 1.29 is 19.1 Å². The smallest absolute Gasteiger partial charge is 0.407 e. The summed E-state index contributed by atoms with van der Waals surface area (Å²) < 4.78 is 10.2. The zero-order valence-corrected chi connectivity index (χ0v) is 17.6. The fourth-order valence-corrected chi connectivity index (χ4v) is 3.87. The number of ether oxygens (including phenoxy) is 2. The van der Waals surface area contributed by atoms with Crippen molar-refractivity contribution in [1.29, 1.82) is 0 Å². The number of esters is 1. The van der Waals surface area contributed by atoms with E-state index in [0.29, 0.717) is 16.8 Å². The van der Waals surface area contributed by atoms with Gasteiger partial charge in [-0.05, 0) is 40.5 Å². The molecule has 3 aromatic carbocycles. The van der Waals surface area contributed by atoms with Gasteiger partial charge in [-0.1, -0.05) is 60.4 Å². The maximum atomic E-state index is 12.2. The zero-order valence-electron chi connectivity index (χ0n) is 17.6. The van der Waals surface area contributed by atoms with Crippen LogP contribution in [0.5, 0.6) is 0 Å². The number of nitrogens with one attached hydrogen (secondary N) is 1. The van der Waals surface area contributed by atoms with E-state index in [-0.39, 0.29) is 19.1 Å². The van der Waals surface area contributed by atoms with E-state index < -0.39 is 12.1 Å². The summed E-state index contributed by atoms with van der Waals surface area (Å²) in [6.07, 6.45) is -0.538. The fraction of sp³-hybridized carbons (Fsp3) is 0.154. The van der Waals surface area contributed by atoms with Gasteiger partial charge in [0.2, 0.25) is 0 Å². The number of carbonyl (C=O) groups is 2. The monoisotopic (exact) mass is 426 g/mol. The largest absolute Gasteiger partial charge is 0.465 e. The van der Waals surface area contributed by atoms with Gasteiger partial charge in [0.25, 0.3) is 0 Å². The topological polar surface area (TPSA) is 90.6 Å². The van der Waals surface area contributed by atoms with Gasteiger partial charge < -0.3 is 20.5 Å². The molecule has 0 heterocycles. The molecule has 32 heavy (non-hydrogen) atoms. The van der Waals surface area contributed by atoms with Crippen molar-refractivity contribution in [3.8, 4) is 23.0 Å². The van der Waals surface area contributed by atoms with Crippen LogP contribution in [0, 0.1) is 11.8 Å². The Morgan fingerprint density at radius 3 is 2.31 bits per heavy atom. The second-order valence-electron chi connectivity index (χ2n) is 7.32. The van der Waals surface area contributed by atoms with Crippen molar-refractivity contribution in [3.63, 3.8) is 0 Å². The molecule has 0 bridgehead atoms. The predicted octanol–water partition coefficient (Wildman–Crippen LogP) is 3.95. The quantitative estimate of drug-likeness (QED) is 0.375. The van der Waals surface area contributed by atoms with Gasteiger partial charge >= 0.3 is 12.1 Å². The molecule has 0 atom stereocenters. The van der Waals surface area contributed by atoms with Gasteiger partial charge in [0, 0.05) is 17.2 Å². The summed E-state index contributed by atoms with van der Waals surface area (Å²) in [5, 5.41) is 2.63. The Morgan fingerprint density at radius 1 is 1.00 bits per heavy atom. The number of alkyl carbamates (subject to hydrolysis) is 1. The highest BCUT2D eigenvalue weighted by Gasteiger charge is 2.28. The lowest BCUT2D eigenvalue weighted by atomic mass is 9.98. The normalized spacial score (nSPS) is 11.5. The van der Waals surface area contributed by atoms with Gasteiger partial charge in [0.15, 0.2) is 0 Å². The average Bonchev–Trinajstić information content (AvgIpc) is 3.13. The van der Waals surface area contributed by atoms with Gasteiger partial charge in [0.1, 0.15) is 6.61 Å². The average molecular weight is 426 g/mol. The van der Waals surface area contributed by atoms with Crippen LogP contribution in [0.2, 0.25) is 0 Å². The zero-order chi connectivity index (χ0) is 22.5. The van der Waals surface area contributed by atoms with E-state index in [4.69, 9.17) is 15.2 Å². The lowest BCUT2D eigenvalue weighted by molar-refractivity contribution is 0.0600. The first-order valence-electron chi connectivity index (χ1n) is 10.1. The molecule has 0 spiro atoms. The van der Waals surface area contributed by atoms with Gasteiger partial charge in [0.05, 0.1) is 19.2 Å². The summed E-state index contributed by atoms with van der Waals surface area (Å²) in [5.74, 6) is 5.22. The number of benzene rings is 3. The summed E-state index contributed by atoms with van der Waals surface area (Å²) in [4.78, 5) is 23.9. The van der Waals surface area contributed by atoms with E-state index in [1.807, 2.05) is 24.3 Å². The highest BCUT2D eigenvalue weighted by atomic mass is 16.5. The molecule has 0 aliphatic heterocycles. The lowest BCUT2D eigenvalue weighted by Gasteiger charge is -2.14. The number of hydrogen-bond acceptors (Lipinski definition) is 5. The Balaban J connectivity index is 1.35. The summed E-state index contributed by atoms with van der Waals surface area (Å²) in [7, 11) is 1.30. The van der Waals surface area contributed by atoms with Crippen LogP contribution in [-0.2, 0) is 9.47 Å². The van der Waals surface area contributed by atoms with Crippen molar-refractivity contribution in [3.05, 3.63) is 89.0 Å². The van der Waals surface area contributed by atoms with Crippen LogP contribution in [0.4, 0.5) is 10.5 Å². The first-order chi connectivity index (χ1) is 15.6. The molecule has 0 saturated heterocycles. The number of carbonyl (C=O) groups excluding carboxylic acids is 2. The number of nitrogen functional groups attached to an aromatic ring is 1. The predicted molar refractivity (Wildman–Crippen MR) is 122 cm³/mol. The van der Waals surface area contributed by atoms with E-state index in [1.165, 1.54) is 24.3 Å². The molecule has 1 aliphatic rings. The molecule has 4 rings (SSSR count). The third-order valence-electron chi connectivity index (χ3n) is 5.27. The van der Waals surface area contributed by atoms with E-state index in [0.717, 1.165) is 11.1 Å². The molecule has 0 radical (unpaired) electrons. The summed E-state index contributed by atoms with van der Waals surface area (Å²) in [6.45, 7) is 0.337. The van der Waals surface area contributed by atoms with Crippen LogP contribution in [0.3, 0.4) is 0 Å². The Morgan fingerprint density at radius 2 is 1.66 bits per heavy atom. The number of anilines is 1. The van der Waals surface area contributed by atoms with E-state index in [9.17, 15) is 9.59 Å². The second-order valence-corrected chi connectivity index (χ2v) is 7.32. The summed E-state index contributed by atoms with van der Waals surface area (Å²) >= 11 is 0. The molecule has 160 valence electrons. The maximum absolute atomic E-state index is 12.2. The number of nitrogens with two attached hydrogens (primary N) is 1. The highest BCUT2D eigenvalue weighted by Crippen LogP contribution is 2.44. The first kappa shape index (κ1) is 21.0. The standard InChI is InChI=1S/C26H22N2O4/c1-31-25(29)18-13-17(14-19(27)15-18)7-6-12-28-26(30)32-16-24-22-10-4-2-8-20(22)21-9-3-5-11-23(21)24/h2-5,8-11,13-15,24H,12,16,27H2,1H3,(H,28,30). The van der Waals surface area contributed by atoms with Gasteiger partial charge in [-0.25, -0.2) is 9.59 Å². The van der Waals surface area contributed by atoms with Gasteiger partial charge in [-0.15, -0.1) is 0 Å². The molecule has 0 saturated carbocycles. The van der Waals surface area contributed by atoms with Crippen molar-refractivity contribution in [2.75, 3.05) is 26.0 Å². The van der Waals surface area contributed by atoms with Crippen LogP contribution in [0.15, 0.2) is 66.7 Å². The number of amides is 1.